The summed E-state index contributed by atoms with van der Waals surface area (Å²) in [5.41, 5.74) is 0. The zero-order valence-electron chi connectivity index (χ0n) is 9.94. The highest BCUT2D eigenvalue weighted by Crippen LogP contribution is 2.21. The maximum Gasteiger partial charge on any atom is 0.191 e. The molecule has 2 aromatic heterocycles. The lowest BCUT2D eigenvalue weighted by Crippen LogP contribution is -2.36. The van der Waals surface area contributed by atoms with Crippen molar-refractivity contribution in [2.24, 2.45) is 4.99 Å². The summed E-state index contributed by atoms with van der Waals surface area (Å²) in [5.74, 6) is 1.65. The highest BCUT2D eigenvalue weighted by molar-refractivity contribution is 9.11. The fraction of sp³-hybridized carbons (Fsp3) is 0.250. The van der Waals surface area contributed by atoms with E-state index in [4.69, 9.17) is 4.42 Å². The van der Waals surface area contributed by atoms with E-state index in [0.717, 1.165) is 22.1 Å². The molecule has 0 aliphatic rings. The van der Waals surface area contributed by atoms with Crippen molar-refractivity contribution in [3.63, 3.8) is 0 Å². The minimum Gasteiger partial charge on any atom is -0.467 e. The van der Waals surface area contributed by atoms with E-state index < -0.39 is 0 Å². The average molecular weight is 328 g/mol. The van der Waals surface area contributed by atoms with Gasteiger partial charge in [-0.05, 0) is 40.2 Å². The summed E-state index contributed by atoms with van der Waals surface area (Å²) in [5, 5.41) is 6.44. The first-order valence-electron chi connectivity index (χ1n) is 5.49. The van der Waals surface area contributed by atoms with E-state index in [1.807, 2.05) is 18.2 Å². The van der Waals surface area contributed by atoms with Gasteiger partial charge in [0.1, 0.15) is 5.76 Å². The van der Waals surface area contributed by atoms with Gasteiger partial charge in [-0.2, -0.15) is 0 Å². The first kappa shape index (κ1) is 13.2. The third-order valence-electron chi connectivity index (χ3n) is 2.29. The first-order chi connectivity index (χ1) is 8.78. The molecule has 0 atom stereocenters. The van der Waals surface area contributed by atoms with Crippen LogP contribution in [0.25, 0.3) is 0 Å². The van der Waals surface area contributed by atoms with Gasteiger partial charge in [0.25, 0.3) is 0 Å². The monoisotopic (exact) mass is 327 g/mol. The SMILES string of the molecule is CN=C(NCc1ccco1)NCc1ccc(Br)s1. The molecule has 0 spiro atoms. The van der Waals surface area contributed by atoms with Crippen LogP contribution in [0, 0.1) is 0 Å². The second-order valence-corrected chi connectivity index (χ2v) is 6.11. The number of furan rings is 1. The molecule has 2 N–H and O–H groups in total. The quantitative estimate of drug-likeness (QED) is 0.670. The van der Waals surface area contributed by atoms with E-state index in [0.29, 0.717) is 6.54 Å². The zero-order chi connectivity index (χ0) is 12.8. The highest BCUT2D eigenvalue weighted by Gasteiger charge is 2.01. The van der Waals surface area contributed by atoms with Crippen molar-refractivity contribution in [2.45, 2.75) is 13.1 Å². The van der Waals surface area contributed by atoms with Gasteiger partial charge < -0.3 is 15.1 Å². The number of halogens is 1. The van der Waals surface area contributed by atoms with Crippen molar-refractivity contribution in [1.29, 1.82) is 0 Å². The van der Waals surface area contributed by atoms with Gasteiger partial charge in [0, 0.05) is 11.9 Å². The van der Waals surface area contributed by atoms with Crippen LogP contribution in [0.4, 0.5) is 0 Å². The normalized spacial score (nSPS) is 11.6. The Hall–Kier alpha value is -1.27. The summed E-state index contributed by atoms with van der Waals surface area (Å²) in [4.78, 5) is 5.41. The van der Waals surface area contributed by atoms with E-state index in [1.165, 1.54) is 4.88 Å². The standard InChI is InChI=1S/C12H14BrN3OS/c1-14-12(15-7-9-3-2-6-17-9)16-8-10-4-5-11(13)18-10/h2-6H,7-8H2,1H3,(H2,14,15,16). The van der Waals surface area contributed by atoms with E-state index >= 15 is 0 Å². The summed E-state index contributed by atoms with van der Waals surface area (Å²) in [7, 11) is 1.75. The average Bonchev–Trinajstić information content (AvgIpc) is 3.01. The molecule has 96 valence electrons. The van der Waals surface area contributed by atoms with Crippen LogP contribution >= 0.6 is 27.3 Å². The van der Waals surface area contributed by atoms with Crippen LogP contribution in [0.2, 0.25) is 0 Å². The van der Waals surface area contributed by atoms with Crippen LogP contribution in [0.5, 0.6) is 0 Å². The third kappa shape index (κ3) is 3.89. The number of hydrogen-bond acceptors (Lipinski definition) is 3. The molecule has 2 aromatic rings. The van der Waals surface area contributed by atoms with Crippen LogP contribution in [0.3, 0.4) is 0 Å². The number of aliphatic imine (C=N–C) groups is 1. The third-order valence-corrected chi connectivity index (χ3v) is 3.92. The largest absolute Gasteiger partial charge is 0.467 e. The van der Waals surface area contributed by atoms with Crippen LogP contribution in [-0.4, -0.2) is 13.0 Å². The molecular formula is C12H14BrN3OS. The fourth-order valence-electron chi connectivity index (χ4n) is 1.42. The Kier molecular flexibility index (Phi) is 4.83. The minimum atomic E-state index is 0.626. The van der Waals surface area contributed by atoms with Crippen molar-refractivity contribution in [2.75, 3.05) is 7.05 Å². The van der Waals surface area contributed by atoms with Crippen LogP contribution in [-0.2, 0) is 13.1 Å². The van der Waals surface area contributed by atoms with Gasteiger partial charge in [-0.1, -0.05) is 0 Å². The van der Waals surface area contributed by atoms with Crippen molar-refractivity contribution in [3.8, 4) is 0 Å². The molecule has 0 saturated carbocycles. The maximum atomic E-state index is 5.25. The second kappa shape index (κ2) is 6.61. The second-order valence-electron chi connectivity index (χ2n) is 3.56. The van der Waals surface area contributed by atoms with Crippen molar-refractivity contribution >= 4 is 33.2 Å². The summed E-state index contributed by atoms with van der Waals surface area (Å²) in [6.07, 6.45) is 1.66. The smallest absolute Gasteiger partial charge is 0.191 e. The minimum absolute atomic E-state index is 0.626. The van der Waals surface area contributed by atoms with Crippen molar-refractivity contribution in [3.05, 3.63) is 45.0 Å². The fourth-order valence-corrected chi connectivity index (χ4v) is 2.85. The van der Waals surface area contributed by atoms with Gasteiger partial charge in [-0.3, -0.25) is 4.99 Å². The molecule has 0 aliphatic carbocycles. The number of nitrogens with one attached hydrogen (secondary N) is 2. The Labute approximate surface area is 118 Å². The van der Waals surface area contributed by atoms with E-state index in [2.05, 4.69) is 37.6 Å². The molecule has 0 bridgehead atoms. The molecule has 0 saturated heterocycles. The Balaban J connectivity index is 1.79. The molecule has 0 unspecified atom stereocenters. The zero-order valence-corrected chi connectivity index (χ0v) is 12.3. The summed E-state index contributed by atoms with van der Waals surface area (Å²) < 4.78 is 6.38. The molecule has 0 aliphatic heterocycles. The number of hydrogen-bond donors (Lipinski definition) is 2. The Morgan fingerprint density at radius 3 is 2.78 bits per heavy atom. The molecule has 4 nitrogen and oxygen atoms in total. The lowest BCUT2D eigenvalue weighted by atomic mass is 10.4. The predicted molar refractivity (Wildman–Crippen MR) is 77.8 cm³/mol. The van der Waals surface area contributed by atoms with Gasteiger partial charge >= 0.3 is 0 Å². The van der Waals surface area contributed by atoms with E-state index in [-0.39, 0.29) is 0 Å². The molecule has 0 fully saturated rings. The number of rotatable bonds is 4. The lowest BCUT2D eigenvalue weighted by molar-refractivity contribution is 0.501. The first-order valence-corrected chi connectivity index (χ1v) is 7.10. The Bertz CT molecular complexity index is 507. The molecule has 0 amide bonds. The Morgan fingerprint density at radius 1 is 1.33 bits per heavy atom. The van der Waals surface area contributed by atoms with Gasteiger partial charge in [0.2, 0.25) is 0 Å². The predicted octanol–water partition coefficient (Wildman–Crippen LogP) is 2.97. The van der Waals surface area contributed by atoms with Crippen LogP contribution in [0.1, 0.15) is 10.6 Å². The highest BCUT2D eigenvalue weighted by atomic mass is 79.9. The molecule has 2 heterocycles. The summed E-state index contributed by atoms with van der Waals surface area (Å²) in [6.45, 7) is 1.38. The van der Waals surface area contributed by atoms with E-state index in [1.54, 1.807) is 24.6 Å². The summed E-state index contributed by atoms with van der Waals surface area (Å²) in [6, 6.07) is 7.93. The van der Waals surface area contributed by atoms with Gasteiger partial charge in [-0.25, -0.2) is 0 Å². The van der Waals surface area contributed by atoms with Crippen molar-refractivity contribution in [1.82, 2.24) is 10.6 Å². The summed E-state index contributed by atoms with van der Waals surface area (Å²) >= 11 is 5.15. The maximum absolute atomic E-state index is 5.25. The van der Waals surface area contributed by atoms with Crippen LogP contribution < -0.4 is 10.6 Å². The molecule has 6 heteroatoms. The van der Waals surface area contributed by atoms with Crippen LogP contribution in [0.15, 0.2) is 43.7 Å². The number of thiophene rings is 1. The van der Waals surface area contributed by atoms with Gasteiger partial charge in [-0.15, -0.1) is 11.3 Å². The molecule has 0 radical (unpaired) electrons. The number of nitrogens with zero attached hydrogens (tertiary/aromatic N) is 1. The topological polar surface area (TPSA) is 49.6 Å². The van der Waals surface area contributed by atoms with Gasteiger partial charge in [0.15, 0.2) is 5.96 Å². The molecule has 18 heavy (non-hydrogen) atoms. The van der Waals surface area contributed by atoms with Gasteiger partial charge in [0.05, 0.1) is 23.1 Å². The molecule has 2 rings (SSSR count). The Morgan fingerprint density at radius 2 is 2.17 bits per heavy atom. The molecular weight excluding hydrogens is 314 g/mol. The number of guanidine groups is 1. The van der Waals surface area contributed by atoms with E-state index in [9.17, 15) is 0 Å². The molecule has 0 aromatic carbocycles. The van der Waals surface area contributed by atoms with Crippen molar-refractivity contribution < 1.29 is 4.42 Å². The lowest BCUT2D eigenvalue weighted by Gasteiger charge is -2.09.